The Hall–Kier alpha value is -1.81. The van der Waals surface area contributed by atoms with Gasteiger partial charge >= 0.3 is 0 Å². The maximum absolute atomic E-state index is 13.9. The van der Waals surface area contributed by atoms with Gasteiger partial charge in [-0.2, -0.15) is 0 Å². The number of pyridine rings is 1. The maximum atomic E-state index is 13.9. The molecule has 1 N–H and O–H groups in total. The largest absolute Gasteiger partial charge is 0.305 e. The number of benzene rings is 1. The normalized spacial score (nSPS) is 12.4. The molecule has 1 heterocycles. The van der Waals surface area contributed by atoms with Crippen LogP contribution in [-0.4, -0.2) is 11.5 Å². The molecule has 0 aliphatic carbocycles. The fourth-order valence-electron chi connectivity index (χ4n) is 2.13. The van der Waals surface area contributed by atoms with Crippen LogP contribution in [0.15, 0.2) is 36.5 Å². The minimum atomic E-state index is -0.576. The van der Waals surface area contributed by atoms with E-state index in [9.17, 15) is 8.78 Å². The van der Waals surface area contributed by atoms with Crippen molar-refractivity contribution in [3.05, 3.63) is 65.0 Å². The summed E-state index contributed by atoms with van der Waals surface area (Å²) in [5.41, 5.74) is 1.57. The van der Waals surface area contributed by atoms with Gasteiger partial charge in [-0.1, -0.05) is 19.1 Å². The zero-order valence-electron chi connectivity index (χ0n) is 11.0. The van der Waals surface area contributed by atoms with Crippen LogP contribution < -0.4 is 5.32 Å². The van der Waals surface area contributed by atoms with Gasteiger partial charge in [-0.15, -0.1) is 0 Å². The molecule has 1 atom stereocenters. The lowest BCUT2D eigenvalue weighted by atomic mass is 9.99. The summed E-state index contributed by atoms with van der Waals surface area (Å²) in [5.74, 6) is -1.12. The van der Waals surface area contributed by atoms with Crippen molar-refractivity contribution in [3.8, 4) is 0 Å². The van der Waals surface area contributed by atoms with E-state index in [2.05, 4.69) is 10.3 Å². The third kappa shape index (κ3) is 2.79. The number of aryl methyl sites for hydroxylation is 1. The highest BCUT2D eigenvalue weighted by Crippen LogP contribution is 2.27. The highest BCUT2D eigenvalue weighted by Gasteiger charge is 2.23. The SMILES string of the molecule is CCNC(c1ncccc1C)c1c(F)cccc1F. The summed E-state index contributed by atoms with van der Waals surface area (Å²) >= 11 is 0. The second kappa shape index (κ2) is 5.89. The molecule has 0 amide bonds. The molecular weight excluding hydrogens is 246 g/mol. The van der Waals surface area contributed by atoms with Crippen LogP contribution in [0.5, 0.6) is 0 Å². The molecule has 2 rings (SSSR count). The summed E-state index contributed by atoms with van der Waals surface area (Å²) < 4.78 is 27.9. The molecule has 0 spiro atoms. The Bertz CT molecular complexity index is 550. The van der Waals surface area contributed by atoms with Crippen LogP contribution in [0, 0.1) is 18.6 Å². The van der Waals surface area contributed by atoms with Crippen LogP contribution in [0.25, 0.3) is 0 Å². The molecule has 0 saturated carbocycles. The van der Waals surface area contributed by atoms with Gasteiger partial charge in [0.05, 0.1) is 11.7 Å². The van der Waals surface area contributed by atoms with E-state index in [0.717, 1.165) is 5.56 Å². The molecule has 0 aliphatic rings. The maximum Gasteiger partial charge on any atom is 0.131 e. The van der Waals surface area contributed by atoms with Crippen molar-refractivity contribution in [2.24, 2.45) is 0 Å². The first-order valence-corrected chi connectivity index (χ1v) is 6.24. The van der Waals surface area contributed by atoms with E-state index in [-0.39, 0.29) is 5.56 Å². The average Bonchev–Trinajstić information content (AvgIpc) is 2.38. The predicted molar refractivity (Wildman–Crippen MR) is 70.9 cm³/mol. The predicted octanol–water partition coefficient (Wildman–Crippen LogP) is 3.37. The molecule has 0 fully saturated rings. The fourth-order valence-corrected chi connectivity index (χ4v) is 2.13. The highest BCUT2D eigenvalue weighted by molar-refractivity contribution is 5.34. The average molecular weight is 262 g/mol. The van der Waals surface area contributed by atoms with Crippen molar-refractivity contribution < 1.29 is 8.78 Å². The minimum Gasteiger partial charge on any atom is -0.305 e. The second-order valence-corrected chi connectivity index (χ2v) is 4.33. The molecule has 2 aromatic rings. The molecule has 1 aromatic carbocycles. The number of nitrogens with zero attached hydrogens (tertiary/aromatic N) is 1. The third-order valence-corrected chi connectivity index (χ3v) is 3.02. The van der Waals surface area contributed by atoms with Gasteiger partial charge in [0.2, 0.25) is 0 Å². The first kappa shape index (κ1) is 13.6. The molecular formula is C15H16F2N2. The van der Waals surface area contributed by atoms with Gasteiger partial charge in [-0.3, -0.25) is 4.98 Å². The van der Waals surface area contributed by atoms with Crippen LogP contribution in [0.2, 0.25) is 0 Å². The number of hydrogen-bond donors (Lipinski definition) is 1. The summed E-state index contributed by atoms with van der Waals surface area (Å²) in [6, 6.07) is 7.00. The summed E-state index contributed by atoms with van der Waals surface area (Å²) in [6.07, 6.45) is 1.63. The van der Waals surface area contributed by atoms with Crippen LogP contribution in [-0.2, 0) is 0 Å². The van der Waals surface area contributed by atoms with Crippen molar-refractivity contribution in [1.82, 2.24) is 10.3 Å². The smallest absolute Gasteiger partial charge is 0.131 e. The Morgan fingerprint density at radius 3 is 2.42 bits per heavy atom. The van der Waals surface area contributed by atoms with Gasteiger partial charge in [0.15, 0.2) is 0 Å². The van der Waals surface area contributed by atoms with Crippen LogP contribution in [0.1, 0.15) is 29.8 Å². The van der Waals surface area contributed by atoms with E-state index in [1.165, 1.54) is 18.2 Å². The summed E-state index contributed by atoms with van der Waals surface area (Å²) in [7, 11) is 0. The molecule has 0 saturated heterocycles. The van der Waals surface area contributed by atoms with E-state index in [4.69, 9.17) is 0 Å². The van der Waals surface area contributed by atoms with Crippen LogP contribution >= 0.6 is 0 Å². The zero-order chi connectivity index (χ0) is 13.8. The molecule has 100 valence electrons. The second-order valence-electron chi connectivity index (χ2n) is 4.33. The molecule has 1 aromatic heterocycles. The number of hydrogen-bond acceptors (Lipinski definition) is 2. The summed E-state index contributed by atoms with van der Waals surface area (Å²) in [5, 5.41) is 3.10. The van der Waals surface area contributed by atoms with Gasteiger partial charge in [0.25, 0.3) is 0 Å². The highest BCUT2D eigenvalue weighted by atomic mass is 19.1. The lowest BCUT2D eigenvalue weighted by Gasteiger charge is -2.20. The van der Waals surface area contributed by atoms with Gasteiger partial charge in [0.1, 0.15) is 11.6 Å². The first-order valence-electron chi connectivity index (χ1n) is 6.24. The van der Waals surface area contributed by atoms with Gasteiger partial charge in [-0.25, -0.2) is 8.78 Å². The Morgan fingerprint density at radius 1 is 1.16 bits per heavy atom. The lowest BCUT2D eigenvalue weighted by Crippen LogP contribution is -2.25. The van der Waals surface area contributed by atoms with Gasteiger partial charge < -0.3 is 5.32 Å². The molecule has 19 heavy (non-hydrogen) atoms. The Labute approximate surface area is 111 Å². The van der Waals surface area contributed by atoms with Crippen molar-refractivity contribution in [2.45, 2.75) is 19.9 Å². The number of rotatable bonds is 4. The van der Waals surface area contributed by atoms with E-state index in [1.54, 1.807) is 12.3 Å². The van der Waals surface area contributed by atoms with Crippen molar-refractivity contribution in [1.29, 1.82) is 0 Å². The molecule has 2 nitrogen and oxygen atoms in total. The third-order valence-electron chi connectivity index (χ3n) is 3.02. The molecule has 0 radical (unpaired) electrons. The fraction of sp³-hybridized carbons (Fsp3) is 0.267. The Balaban J connectivity index is 2.55. The van der Waals surface area contributed by atoms with E-state index in [0.29, 0.717) is 12.2 Å². The molecule has 1 unspecified atom stereocenters. The first-order chi connectivity index (χ1) is 9.15. The Morgan fingerprint density at radius 2 is 1.84 bits per heavy atom. The quantitative estimate of drug-likeness (QED) is 0.913. The van der Waals surface area contributed by atoms with Crippen molar-refractivity contribution in [2.75, 3.05) is 6.54 Å². The van der Waals surface area contributed by atoms with Gasteiger partial charge in [0, 0.05) is 11.8 Å². The molecule has 0 bridgehead atoms. The van der Waals surface area contributed by atoms with Crippen LogP contribution in [0.3, 0.4) is 0 Å². The minimum absolute atomic E-state index is 0.0196. The monoisotopic (exact) mass is 262 g/mol. The Kier molecular flexibility index (Phi) is 4.22. The van der Waals surface area contributed by atoms with E-state index < -0.39 is 17.7 Å². The standard InChI is InChI=1S/C15H16F2N2/c1-3-18-15(14-10(2)6-5-9-19-14)13-11(16)7-4-8-12(13)17/h4-9,15,18H,3H2,1-2H3. The topological polar surface area (TPSA) is 24.9 Å². The summed E-state index contributed by atoms with van der Waals surface area (Å²) in [4.78, 5) is 4.26. The number of halogens is 2. The molecule has 4 heteroatoms. The van der Waals surface area contributed by atoms with Crippen molar-refractivity contribution >= 4 is 0 Å². The summed E-state index contributed by atoms with van der Waals surface area (Å²) in [6.45, 7) is 4.36. The van der Waals surface area contributed by atoms with Crippen LogP contribution in [0.4, 0.5) is 8.78 Å². The lowest BCUT2D eigenvalue weighted by molar-refractivity contribution is 0.504. The zero-order valence-corrected chi connectivity index (χ0v) is 11.0. The number of aromatic nitrogens is 1. The number of nitrogens with one attached hydrogen (secondary N) is 1. The van der Waals surface area contributed by atoms with Crippen molar-refractivity contribution in [3.63, 3.8) is 0 Å². The molecule has 0 aliphatic heterocycles. The van der Waals surface area contributed by atoms with Gasteiger partial charge in [-0.05, 0) is 37.2 Å². The van der Waals surface area contributed by atoms with E-state index >= 15 is 0 Å². The van der Waals surface area contributed by atoms with E-state index in [1.807, 2.05) is 19.9 Å².